The van der Waals surface area contributed by atoms with Gasteiger partial charge in [-0.3, -0.25) is 14.8 Å². The molecule has 0 aliphatic heterocycles. The van der Waals surface area contributed by atoms with Crippen LogP contribution in [0.25, 0.3) is 0 Å². The average molecular weight is 720 g/mol. The number of rotatable bonds is 8. The van der Waals surface area contributed by atoms with Gasteiger partial charge in [0.15, 0.2) is 5.78 Å². The molecule has 0 saturated carbocycles. The second-order valence-electron chi connectivity index (χ2n) is 13.6. The molecule has 4 aromatic carbocycles. The van der Waals surface area contributed by atoms with Crippen molar-refractivity contribution in [3.8, 4) is 0 Å². The third-order valence-corrected chi connectivity index (χ3v) is 8.21. The number of aromatic carboxylic acids is 2. The zero-order valence-electron chi connectivity index (χ0n) is 32.8. The number of hydrogen-bond donors (Lipinski definition) is 3. The number of amides is 1. The fourth-order valence-corrected chi connectivity index (χ4v) is 4.75. The number of ketones is 1. The normalized spacial score (nSPS) is 10.2. The van der Waals surface area contributed by atoms with Crippen LogP contribution < -0.4 is 40.1 Å². The Kier molecular flexibility index (Phi) is 21.6. The van der Waals surface area contributed by atoms with Crippen LogP contribution in [-0.4, -0.2) is 33.9 Å². The SMILES string of the molecule is CC(=O)c1ccc(C(C)C)cc1.CC(C)c1ccc(C(=O)NO)cc1.Cc1cc(C(C)C)ccc1C(=O)O.Cc1cc(C(C)C)ccc1C(=O)[O-].[Na+]. The quantitative estimate of drug-likeness (QED) is 0.0846. The summed E-state index contributed by atoms with van der Waals surface area (Å²) in [5, 5.41) is 27.8. The number of carbonyl (C=O) groups is 4. The first-order chi connectivity index (χ1) is 23.8. The van der Waals surface area contributed by atoms with Gasteiger partial charge >= 0.3 is 35.5 Å². The zero-order valence-corrected chi connectivity index (χ0v) is 34.8. The van der Waals surface area contributed by atoms with Gasteiger partial charge in [0.05, 0.1) is 11.5 Å². The molecule has 0 spiro atoms. The Hall–Kier alpha value is -4.08. The molecule has 52 heavy (non-hydrogen) atoms. The number of carboxylic acid groups (broad SMARTS) is 2. The summed E-state index contributed by atoms with van der Waals surface area (Å²) >= 11 is 0. The first-order valence-electron chi connectivity index (χ1n) is 17.1. The predicted octanol–water partition coefficient (Wildman–Crippen LogP) is 6.24. The molecule has 0 aliphatic rings. The van der Waals surface area contributed by atoms with Gasteiger partial charge in [0, 0.05) is 16.7 Å². The van der Waals surface area contributed by atoms with Crippen LogP contribution >= 0.6 is 0 Å². The fourth-order valence-electron chi connectivity index (χ4n) is 4.75. The summed E-state index contributed by atoms with van der Waals surface area (Å²) in [6.45, 7) is 22.0. The van der Waals surface area contributed by atoms with Crippen molar-refractivity contribution < 1.29 is 64.2 Å². The van der Waals surface area contributed by atoms with Crippen molar-refractivity contribution in [2.45, 2.75) is 99.8 Å². The number of Topliss-reactive ketones (excluding diaryl/α,β-unsaturated/α-hetero) is 1. The molecular formula is C43H54NNaO7. The molecule has 0 aliphatic carbocycles. The van der Waals surface area contributed by atoms with Gasteiger partial charge in [-0.05, 0) is 96.0 Å². The first kappa shape index (κ1) is 47.9. The largest absolute Gasteiger partial charge is 1.00 e. The Bertz CT molecular complexity index is 1680. The minimum atomic E-state index is -1.10. The summed E-state index contributed by atoms with van der Waals surface area (Å²) in [6, 6.07) is 25.8. The third-order valence-electron chi connectivity index (χ3n) is 8.21. The molecule has 0 aromatic heterocycles. The molecule has 8 nitrogen and oxygen atoms in total. The van der Waals surface area contributed by atoms with Gasteiger partial charge in [-0.1, -0.05) is 122 Å². The van der Waals surface area contributed by atoms with Crippen LogP contribution in [0.1, 0.15) is 161 Å². The fraction of sp³-hybridized carbons (Fsp3) is 0.349. The monoisotopic (exact) mass is 719 g/mol. The Morgan fingerprint density at radius 2 is 0.885 bits per heavy atom. The molecule has 4 rings (SSSR count). The number of benzene rings is 4. The molecule has 0 saturated heterocycles. The Morgan fingerprint density at radius 1 is 0.558 bits per heavy atom. The van der Waals surface area contributed by atoms with Crippen molar-refractivity contribution in [1.82, 2.24) is 5.48 Å². The Balaban J connectivity index is 0.000000663. The van der Waals surface area contributed by atoms with E-state index in [1.54, 1.807) is 43.6 Å². The summed E-state index contributed by atoms with van der Waals surface area (Å²) in [5.74, 6) is -0.450. The van der Waals surface area contributed by atoms with Gasteiger partial charge in [-0.15, -0.1) is 0 Å². The molecule has 0 fully saturated rings. The van der Waals surface area contributed by atoms with Gasteiger partial charge in [-0.2, -0.15) is 0 Å². The molecule has 0 radical (unpaired) electrons. The summed E-state index contributed by atoms with van der Waals surface area (Å²) in [7, 11) is 0. The molecule has 0 atom stereocenters. The van der Waals surface area contributed by atoms with Gasteiger partial charge in [0.1, 0.15) is 0 Å². The molecular weight excluding hydrogens is 665 g/mol. The van der Waals surface area contributed by atoms with Crippen molar-refractivity contribution in [3.05, 3.63) is 141 Å². The maximum Gasteiger partial charge on any atom is 1.00 e. The molecule has 3 N–H and O–H groups in total. The number of hydroxylamine groups is 1. The summed E-state index contributed by atoms with van der Waals surface area (Å²) in [6.07, 6.45) is 0. The molecule has 0 bridgehead atoms. The number of carboxylic acids is 2. The van der Waals surface area contributed by atoms with E-state index < -0.39 is 17.8 Å². The van der Waals surface area contributed by atoms with Crippen molar-refractivity contribution in [2.75, 3.05) is 0 Å². The number of hydrogen-bond acceptors (Lipinski definition) is 6. The van der Waals surface area contributed by atoms with Gasteiger partial charge < -0.3 is 15.0 Å². The summed E-state index contributed by atoms with van der Waals surface area (Å²) in [4.78, 5) is 43.2. The summed E-state index contributed by atoms with van der Waals surface area (Å²) < 4.78 is 0. The Labute approximate surface area is 332 Å². The van der Waals surface area contributed by atoms with E-state index in [2.05, 4.69) is 55.4 Å². The van der Waals surface area contributed by atoms with Crippen LogP contribution in [0.4, 0.5) is 0 Å². The molecule has 9 heteroatoms. The van der Waals surface area contributed by atoms with E-state index in [0.29, 0.717) is 34.8 Å². The van der Waals surface area contributed by atoms with E-state index in [9.17, 15) is 24.3 Å². The van der Waals surface area contributed by atoms with Gasteiger partial charge in [0.2, 0.25) is 0 Å². The Morgan fingerprint density at radius 3 is 1.15 bits per heavy atom. The second-order valence-corrected chi connectivity index (χ2v) is 13.6. The molecule has 0 unspecified atom stereocenters. The standard InChI is InChI=1S/2C11H14O2.C11H14O.C10H13NO2.Na/c2*1-7(2)9-4-5-10(11(12)13)8(3)6-9;1-8(2)10-4-6-11(7-5-10)9(3)12;1-7(2)8-3-5-9(6-4-8)10(12)11-13;/h2*4-7H,1-3H3,(H,12,13);4-8H,1-3H3;3-7,13H,1-2H3,(H,11,12);/q;;;;+1/p-1. The minimum absolute atomic E-state index is 0. The second kappa shape index (κ2) is 23.5. The van der Waals surface area contributed by atoms with E-state index in [-0.39, 0.29) is 40.9 Å². The minimum Gasteiger partial charge on any atom is -0.545 e. The molecule has 0 heterocycles. The summed E-state index contributed by atoms with van der Waals surface area (Å²) in [5.41, 5.74) is 9.91. The van der Waals surface area contributed by atoms with Gasteiger partial charge in [-0.25, -0.2) is 10.3 Å². The maximum atomic E-state index is 10.9. The van der Waals surface area contributed by atoms with Gasteiger partial charge in [0.25, 0.3) is 5.91 Å². The van der Waals surface area contributed by atoms with Crippen LogP contribution in [0.15, 0.2) is 84.9 Å². The molecule has 274 valence electrons. The van der Waals surface area contributed by atoms with Crippen LogP contribution in [0.3, 0.4) is 0 Å². The van der Waals surface area contributed by atoms with E-state index in [4.69, 9.17) is 10.3 Å². The van der Waals surface area contributed by atoms with Crippen molar-refractivity contribution in [3.63, 3.8) is 0 Å². The number of aryl methyl sites for hydroxylation is 2. The van der Waals surface area contributed by atoms with Crippen LogP contribution in [0, 0.1) is 13.8 Å². The number of nitrogens with one attached hydrogen (secondary N) is 1. The molecule has 4 aromatic rings. The van der Waals surface area contributed by atoms with Crippen molar-refractivity contribution in [1.29, 1.82) is 0 Å². The smallest absolute Gasteiger partial charge is 0.545 e. The first-order valence-corrected chi connectivity index (χ1v) is 17.1. The van der Waals surface area contributed by atoms with E-state index in [1.165, 1.54) is 16.7 Å². The molecule has 1 amide bonds. The zero-order chi connectivity index (χ0) is 39.0. The van der Waals surface area contributed by atoms with Crippen molar-refractivity contribution in [2.24, 2.45) is 0 Å². The van der Waals surface area contributed by atoms with E-state index >= 15 is 0 Å². The third kappa shape index (κ3) is 16.1. The predicted molar refractivity (Wildman–Crippen MR) is 202 cm³/mol. The van der Waals surface area contributed by atoms with Crippen molar-refractivity contribution >= 4 is 23.6 Å². The van der Waals surface area contributed by atoms with Crippen LogP contribution in [0.2, 0.25) is 0 Å². The maximum absolute atomic E-state index is 10.9. The average Bonchev–Trinajstić information content (AvgIpc) is 3.08. The topological polar surface area (TPSA) is 144 Å². The van der Waals surface area contributed by atoms with E-state index in [1.807, 2.05) is 67.6 Å². The van der Waals surface area contributed by atoms with Crippen LogP contribution in [0.5, 0.6) is 0 Å². The number of carbonyl (C=O) groups excluding carboxylic acids is 3. The van der Waals surface area contributed by atoms with E-state index in [0.717, 1.165) is 22.3 Å². The van der Waals surface area contributed by atoms with Crippen LogP contribution in [-0.2, 0) is 0 Å².